The van der Waals surface area contributed by atoms with Gasteiger partial charge in [-0.05, 0) is 37.8 Å². The van der Waals surface area contributed by atoms with Gasteiger partial charge in [0.05, 0.1) is 17.4 Å². The molecular formula is C17H21ClN4O. The molecule has 1 aromatic heterocycles. The highest BCUT2D eigenvalue weighted by molar-refractivity contribution is 5.94. The third kappa shape index (κ3) is 3.41. The summed E-state index contributed by atoms with van der Waals surface area (Å²) in [6.45, 7) is 0. The first-order valence-corrected chi connectivity index (χ1v) is 7.95. The third-order valence-corrected chi connectivity index (χ3v) is 4.67. The first kappa shape index (κ1) is 16.0. The Bertz CT molecular complexity index is 660. The van der Waals surface area contributed by atoms with E-state index in [1.165, 1.54) is 12.8 Å². The summed E-state index contributed by atoms with van der Waals surface area (Å²) in [4.78, 5) is 12.4. The number of benzene rings is 1. The van der Waals surface area contributed by atoms with Crippen molar-refractivity contribution in [2.45, 2.75) is 43.8 Å². The Morgan fingerprint density at radius 1 is 1.17 bits per heavy atom. The highest BCUT2D eigenvalue weighted by Crippen LogP contribution is 2.26. The Morgan fingerprint density at radius 3 is 2.57 bits per heavy atom. The van der Waals surface area contributed by atoms with Crippen molar-refractivity contribution in [1.82, 2.24) is 20.4 Å². The molecule has 0 saturated carbocycles. The highest BCUT2D eigenvalue weighted by Gasteiger charge is 2.34. The van der Waals surface area contributed by atoms with Crippen LogP contribution in [0.25, 0.3) is 5.69 Å². The number of halogens is 1. The van der Waals surface area contributed by atoms with E-state index >= 15 is 0 Å². The summed E-state index contributed by atoms with van der Waals surface area (Å²) in [6, 6.07) is 11.3. The molecule has 0 radical (unpaired) electrons. The monoisotopic (exact) mass is 332 g/mol. The number of carbonyl (C=O) groups is 1. The second-order valence-corrected chi connectivity index (χ2v) is 6.29. The van der Waals surface area contributed by atoms with Crippen molar-refractivity contribution >= 4 is 18.3 Å². The summed E-state index contributed by atoms with van der Waals surface area (Å²) in [7, 11) is 0. The van der Waals surface area contributed by atoms with Crippen molar-refractivity contribution in [2.75, 3.05) is 0 Å². The number of nitrogens with zero attached hydrogens (tertiary/aromatic N) is 2. The van der Waals surface area contributed by atoms with Crippen LogP contribution in [0.4, 0.5) is 0 Å². The zero-order chi connectivity index (χ0) is 14.9. The topological polar surface area (TPSA) is 59.0 Å². The maximum Gasteiger partial charge on any atom is 0.254 e. The maximum atomic E-state index is 12.4. The Labute approximate surface area is 141 Å². The number of hydrogen-bond acceptors (Lipinski definition) is 3. The van der Waals surface area contributed by atoms with Crippen LogP contribution >= 0.6 is 12.4 Å². The summed E-state index contributed by atoms with van der Waals surface area (Å²) in [5, 5.41) is 11.0. The van der Waals surface area contributed by atoms with Crippen LogP contribution in [-0.2, 0) is 0 Å². The van der Waals surface area contributed by atoms with Crippen molar-refractivity contribution in [2.24, 2.45) is 0 Å². The lowest BCUT2D eigenvalue weighted by Crippen LogP contribution is -2.47. The van der Waals surface area contributed by atoms with Crippen molar-refractivity contribution < 1.29 is 4.79 Å². The minimum Gasteiger partial charge on any atom is -0.349 e. The molecule has 2 atom stereocenters. The van der Waals surface area contributed by atoms with Gasteiger partial charge in [-0.15, -0.1) is 12.4 Å². The van der Waals surface area contributed by atoms with Gasteiger partial charge in [0, 0.05) is 24.3 Å². The van der Waals surface area contributed by atoms with Crippen LogP contribution in [0.2, 0.25) is 0 Å². The summed E-state index contributed by atoms with van der Waals surface area (Å²) in [5.74, 6) is -0.0199. The van der Waals surface area contributed by atoms with Crippen LogP contribution < -0.4 is 10.6 Å². The molecule has 0 spiro atoms. The highest BCUT2D eigenvalue weighted by atomic mass is 35.5. The van der Waals surface area contributed by atoms with E-state index < -0.39 is 0 Å². The van der Waals surface area contributed by atoms with Crippen molar-refractivity contribution in [1.29, 1.82) is 0 Å². The van der Waals surface area contributed by atoms with E-state index in [1.807, 2.05) is 30.3 Å². The standard InChI is InChI=1S/C17H20N4O.ClH/c22-17(20-15-8-13-6-7-14(9-15)19-13)12-10-18-21(11-12)16-4-2-1-3-5-16;/h1-5,10-11,13-15,19H,6-9H2,(H,20,22);1H. The lowest BCUT2D eigenvalue weighted by atomic mass is 9.99. The van der Waals surface area contributed by atoms with Gasteiger partial charge in [0.2, 0.25) is 0 Å². The second-order valence-electron chi connectivity index (χ2n) is 6.29. The largest absolute Gasteiger partial charge is 0.349 e. The van der Waals surface area contributed by atoms with Crippen molar-refractivity contribution in [3.05, 3.63) is 48.3 Å². The molecule has 0 aliphatic carbocycles. The maximum absolute atomic E-state index is 12.4. The average Bonchev–Trinajstić information content (AvgIpc) is 3.15. The van der Waals surface area contributed by atoms with Gasteiger partial charge in [-0.1, -0.05) is 18.2 Å². The van der Waals surface area contributed by atoms with Crippen molar-refractivity contribution in [3.63, 3.8) is 0 Å². The molecule has 2 unspecified atom stereocenters. The van der Waals surface area contributed by atoms with Crippen LogP contribution in [-0.4, -0.2) is 33.8 Å². The molecule has 2 N–H and O–H groups in total. The number of piperidine rings is 1. The summed E-state index contributed by atoms with van der Waals surface area (Å²) in [5.41, 5.74) is 1.58. The predicted octanol–water partition coefficient (Wildman–Crippen LogP) is 2.31. The minimum absolute atomic E-state index is 0. The van der Waals surface area contributed by atoms with E-state index in [-0.39, 0.29) is 24.4 Å². The van der Waals surface area contributed by atoms with Crippen LogP contribution in [0.3, 0.4) is 0 Å². The van der Waals surface area contributed by atoms with Gasteiger partial charge in [0.15, 0.2) is 0 Å². The first-order valence-electron chi connectivity index (χ1n) is 7.95. The predicted molar refractivity (Wildman–Crippen MR) is 91.2 cm³/mol. The number of nitrogens with one attached hydrogen (secondary N) is 2. The zero-order valence-corrected chi connectivity index (χ0v) is 13.6. The van der Waals surface area contributed by atoms with Gasteiger partial charge in [0.25, 0.3) is 5.91 Å². The number of aromatic nitrogens is 2. The molecule has 1 amide bonds. The van der Waals surface area contributed by atoms with Gasteiger partial charge < -0.3 is 10.6 Å². The molecular weight excluding hydrogens is 312 g/mol. The lowest BCUT2D eigenvalue weighted by Gasteiger charge is -2.29. The summed E-state index contributed by atoms with van der Waals surface area (Å²) < 4.78 is 1.74. The molecule has 6 heteroatoms. The SMILES string of the molecule is Cl.O=C(NC1CC2CCC(C1)N2)c1cnn(-c2ccccc2)c1. The lowest BCUT2D eigenvalue weighted by molar-refractivity contribution is 0.0924. The van der Waals surface area contributed by atoms with Crippen LogP contribution in [0.15, 0.2) is 42.7 Å². The molecule has 2 aromatic rings. The molecule has 3 heterocycles. The van der Waals surface area contributed by atoms with Gasteiger partial charge >= 0.3 is 0 Å². The minimum atomic E-state index is -0.0199. The third-order valence-electron chi connectivity index (χ3n) is 4.67. The molecule has 23 heavy (non-hydrogen) atoms. The Morgan fingerprint density at radius 2 is 1.87 bits per heavy atom. The Kier molecular flexibility index (Phi) is 4.68. The number of amides is 1. The Balaban J connectivity index is 0.00000156. The molecule has 122 valence electrons. The molecule has 2 bridgehead atoms. The fourth-order valence-electron chi connectivity index (χ4n) is 3.61. The number of para-hydroxylation sites is 1. The molecule has 1 aromatic carbocycles. The number of hydrogen-bond donors (Lipinski definition) is 2. The van der Waals surface area contributed by atoms with E-state index in [4.69, 9.17) is 0 Å². The molecule has 2 aliphatic heterocycles. The number of carbonyl (C=O) groups excluding carboxylic acids is 1. The summed E-state index contributed by atoms with van der Waals surface area (Å²) >= 11 is 0. The quantitative estimate of drug-likeness (QED) is 0.906. The first-order chi connectivity index (χ1) is 10.8. The zero-order valence-electron chi connectivity index (χ0n) is 12.8. The average molecular weight is 333 g/mol. The van der Waals surface area contributed by atoms with Crippen molar-refractivity contribution in [3.8, 4) is 5.69 Å². The Hall–Kier alpha value is -1.85. The molecule has 2 fully saturated rings. The van der Waals surface area contributed by atoms with E-state index in [1.54, 1.807) is 17.1 Å². The fraction of sp³-hybridized carbons (Fsp3) is 0.412. The summed E-state index contributed by atoms with van der Waals surface area (Å²) in [6.07, 6.45) is 7.98. The van der Waals surface area contributed by atoms with Crippen LogP contribution in [0.5, 0.6) is 0 Å². The van der Waals surface area contributed by atoms with E-state index in [9.17, 15) is 4.79 Å². The van der Waals surface area contributed by atoms with Gasteiger partial charge in [-0.25, -0.2) is 4.68 Å². The molecule has 4 rings (SSSR count). The molecule has 2 saturated heterocycles. The van der Waals surface area contributed by atoms with E-state index in [2.05, 4.69) is 15.7 Å². The normalized spacial score (nSPS) is 25.7. The van der Waals surface area contributed by atoms with Crippen LogP contribution in [0.1, 0.15) is 36.0 Å². The number of rotatable bonds is 3. The molecule has 5 nitrogen and oxygen atoms in total. The molecule has 2 aliphatic rings. The van der Waals surface area contributed by atoms with E-state index in [0.29, 0.717) is 17.6 Å². The smallest absolute Gasteiger partial charge is 0.254 e. The van der Waals surface area contributed by atoms with Crippen LogP contribution in [0, 0.1) is 0 Å². The van der Waals surface area contributed by atoms with Gasteiger partial charge in [-0.3, -0.25) is 4.79 Å². The van der Waals surface area contributed by atoms with Gasteiger partial charge in [0.1, 0.15) is 0 Å². The second kappa shape index (κ2) is 6.72. The van der Waals surface area contributed by atoms with Gasteiger partial charge in [-0.2, -0.15) is 5.10 Å². The van der Waals surface area contributed by atoms with E-state index in [0.717, 1.165) is 18.5 Å². The number of fused-ring (bicyclic) bond motifs is 2. The fourth-order valence-corrected chi connectivity index (χ4v) is 3.61.